The third-order valence-electron chi connectivity index (χ3n) is 5.68. The zero-order valence-corrected chi connectivity index (χ0v) is 18.0. The Bertz CT molecular complexity index is 818. The van der Waals surface area contributed by atoms with Crippen molar-refractivity contribution in [2.24, 2.45) is 5.92 Å². The van der Waals surface area contributed by atoms with Crippen LogP contribution in [0.25, 0.3) is 0 Å². The molecule has 0 bridgehead atoms. The number of hydrogen-bond donors (Lipinski definition) is 1. The summed E-state index contributed by atoms with van der Waals surface area (Å²) in [5.41, 5.74) is 0.935. The third-order valence-corrected chi connectivity index (χ3v) is 7.15. The molecular weight excluding hydrogens is 390 g/mol. The molecule has 7 nitrogen and oxygen atoms in total. The summed E-state index contributed by atoms with van der Waals surface area (Å²) in [6, 6.07) is 8.98. The average molecular weight is 422 g/mol. The minimum absolute atomic E-state index is 0.101. The lowest BCUT2D eigenvalue weighted by Crippen LogP contribution is -2.50. The van der Waals surface area contributed by atoms with Crippen LogP contribution in [-0.2, 0) is 26.2 Å². The maximum Gasteiger partial charge on any atom is 0.247 e. The maximum atomic E-state index is 12.8. The second kappa shape index (κ2) is 9.36. The third kappa shape index (κ3) is 5.87. The molecule has 2 amide bonds. The van der Waals surface area contributed by atoms with E-state index in [4.69, 9.17) is 0 Å². The van der Waals surface area contributed by atoms with E-state index >= 15 is 0 Å². The Labute approximate surface area is 173 Å². The molecule has 1 aromatic carbocycles. The van der Waals surface area contributed by atoms with Gasteiger partial charge in [0.05, 0.1) is 24.8 Å². The van der Waals surface area contributed by atoms with E-state index in [1.807, 2.05) is 49.1 Å². The Morgan fingerprint density at radius 1 is 1.10 bits per heavy atom. The maximum absolute atomic E-state index is 12.8. The van der Waals surface area contributed by atoms with E-state index in [9.17, 15) is 18.0 Å². The highest BCUT2D eigenvalue weighted by atomic mass is 32.2. The summed E-state index contributed by atoms with van der Waals surface area (Å²) in [5, 5.41) is 0. The fourth-order valence-corrected chi connectivity index (χ4v) is 5.56. The normalized spacial score (nSPS) is 22.0. The summed E-state index contributed by atoms with van der Waals surface area (Å²) in [5.74, 6) is 0.211. The number of hydrogen-bond acceptors (Lipinski definition) is 5. The number of carbonyl (C=O) groups excluding carboxylic acids is 2. The van der Waals surface area contributed by atoms with Gasteiger partial charge in [-0.1, -0.05) is 44.2 Å². The molecule has 0 aliphatic carbocycles. The van der Waals surface area contributed by atoms with Crippen LogP contribution < -0.4 is 4.72 Å². The Kier molecular flexibility index (Phi) is 7.08. The number of piperidine rings is 1. The van der Waals surface area contributed by atoms with Crippen molar-refractivity contribution in [3.63, 3.8) is 0 Å². The van der Waals surface area contributed by atoms with Gasteiger partial charge in [0.1, 0.15) is 0 Å². The Morgan fingerprint density at radius 2 is 1.76 bits per heavy atom. The highest BCUT2D eigenvalue weighted by Crippen LogP contribution is 2.24. The van der Waals surface area contributed by atoms with Crippen molar-refractivity contribution in [2.45, 2.75) is 58.2 Å². The van der Waals surface area contributed by atoms with Gasteiger partial charge >= 0.3 is 0 Å². The molecule has 1 aromatic rings. The first-order chi connectivity index (χ1) is 13.7. The summed E-state index contributed by atoms with van der Waals surface area (Å²) in [6.07, 6.45) is 2.15. The molecule has 0 spiro atoms. The van der Waals surface area contributed by atoms with Gasteiger partial charge in [-0.15, -0.1) is 0 Å². The molecular formula is C21H31N3O4S. The van der Waals surface area contributed by atoms with Gasteiger partial charge in [-0.3, -0.25) is 19.4 Å². The topological polar surface area (TPSA) is 86.8 Å². The second-order valence-corrected chi connectivity index (χ2v) is 10.3. The largest absolute Gasteiger partial charge is 0.291 e. The molecule has 0 aromatic heterocycles. The number of benzene rings is 1. The van der Waals surface area contributed by atoms with Gasteiger partial charge < -0.3 is 0 Å². The minimum Gasteiger partial charge on any atom is -0.291 e. The van der Waals surface area contributed by atoms with Gasteiger partial charge in [-0.2, -0.15) is 0 Å². The highest BCUT2D eigenvalue weighted by Gasteiger charge is 2.42. The van der Waals surface area contributed by atoms with Crippen LogP contribution >= 0.6 is 0 Å². The van der Waals surface area contributed by atoms with Crippen molar-refractivity contribution in [2.75, 3.05) is 18.8 Å². The molecule has 160 valence electrons. The van der Waals surface area contributed by atoms with Crippen LogP contribution in [0.5, 0.6) is 0 Å². The zero-order valence-electron chi connectivity index (χ0n) is 17.2. The van der Waals surface area contributed by atoms with Crippen LogP contribution in [0.4, 0.5) is 0 Å². The Morgan fingerprint density at radius 3 is 2.38 bits per heavy atom. The number of amides is 2. The number of imide groups is 1. The van der Waals surface area contributed by atoms with Gasteiger partial charge in [0, 0.05) is 19.1 Å². The van der Waals surface area contributed by atoms with Crippen LogP contribution in [-0.4, -0.2) is 61.0 Å². The average Bonchev–Trinajstić information content (AvgIpc) is 2.96. The van der Waals surface area contributed by atoms with Crippen LogP contribution in [0.15, 0.2) is 30.3 Å². The van der Waals surface area contributed by atoms with E-state index in [1.165, 1.54) is 4.90 Å². The standard InChI is InChI=1S/C21H31N3O4S/c1-16(2)10-13-29(27,28)22-18-8-11-23(12-9-18)19-14-20(25)24(21(19)26)15-17-6-4-3-5-7-17/h3-7,16,18-19,22H,8-15H2,1-2H3/t19-/m0/s1. The molecule has 1 N–H and O–H groups in total. The van der Waals surface area contributed by atoms with E-state index in [2.05, 4.69) is 4.72 Å². The van der Waals surface area contributed by atoms with E-state index in [0.29, 0.717) is 44.8 Å². The SMILES string of the molecule is CC(C)CCS(=O)(=O)NC1CCN([C@H]2CC(=O)N(Cc3ccccc3)C2=O)CC1. The van der Waals surface area contributed by atoms with Crippen LogP contribution in [0.2, 0.25) is 0 Å². The molecule has 29 heavy (non-hydrogen) atoms. The molecule has 3 rings (SSSR count). The predicted molar refractivity (Wildman–Crippen MR) is 111 cm³/mol. The van der Waals surface area contributed by atoms with Crippen molar-refractivity contribution in [1.29, 1.82) is 0 Å². The van der Waals surface area contributed by atoms with Crippen LogP contribution in [0.3, 0.4) is 0 Å². The minimum atomic E-state index is -3.27. The Balaban J connectivity index is 1.52. The fourth-order valence-electron chi connectivity index (χ4n) is 3.92. The van der Waals surface area contributed by atoms with Crippen LogP contribution in [0, 0.1) is 5.92 Å². The number of likely N-dealkylation sites (tertiary alicyclic amines) is 2. The van der Waals surface area contributed by atoms with E-state index in [-0.39, 0.29) is 30.0 Å². The smallest absolute Gasteiger partial charge is 0.247 e. The number of carbonyl (C=O) groups is 2. The monoisotopic (exact) mass is 421 g/mol. The predicted octanol–water partition coefficient (Wildman–Crippen LogP) is 1.74. The lowest BCUT2D eigenvalue weighted by atomic mass is 10.0. The van der Waals surface area contributed by atoms with Gasteiger partial charge in [-0.05, 0) is 30.7 Å². The Hall–Kier alpha value is -1.77. The number of nitrogens with zero attached hydrogens (tertiary/aromatic N) is 2. The molecule has 1 atom stereocenters. The number of nitrogens with one attached hydrogen (secondary N) is 1. The zero-order chi connectivity index (χ0) is 21.0. The molecule has 0 saturated carbocycles. The molecule has 2 aliphatic heterocycles. The number of rotatable bonds is 8. The summed E-state index contributed by atoms with van der Waals surface area (Å²) >= 11 is 0. The summed E-state index contributed by atoms with van der Waals surface area (Å²) in [7, 11) is -3.27. The van der Waals surface area contributed by atoms with E-state index < -0.39 is 16.1 Å². The van der Waals surface area contributed by atoms with E-state index in [0.717, 1.165) is 5.56 Å². The van der Waals surface area contributed by atoms with Gasteiger partial charge in [0.15, 0.2) is 0 Å². The molecule has 2 saturated heterocycles. The second-order valence-electron chi connectivity index (χ2n) is 8.45. The number of sulfonamides is 1. The van der Waals surface area contributed by atoms with Gasteiger partial charge in [-0.25, -0.2) is 13.1 Å². The highest BCUT2D eigenvalue weighted by molar-refractivity contribution is 7.89. The van der Waals surface area contributed by atoms with Crippen molar-refractivity contribution in [1.82, 2.24) is 14.5 Å². The van der Waals surface area contributed by atoms with E-state index in [1.54, 1.807) is 0 Å². The molecule has 8 heteroatoms. The lowest BCUT2D eigenvalue weighted by molar-refractivity contribution is -0.140. The first-order valence-electron chi connectivity index (χ1n) is 10.4. The lowest BCUT2D eigenvalue weighted by Gasteiger charge is -2.35. The first kappa shape index (κ1) is 21.9. The van der Waals surface area contributed by atoms with Gasteiger partial charge in [0.2, 0.25) is 21.8 Å². The van der Waals surface area contributed by atoms with Gasteiger partial charge in [0.25, 0.3) is 0 Å². The summed E-state index contributed by atoms with van der Waals surface area (Å²) < 4.78 is 27.3. The molecule has 0 radical (unpaired) electrons. The molecule has 0 unspecified atom stereocenters. The molecule has 2 fully saturated rings. The van der Waals surface area contributed by atoms with Crippen molar-refractivity contribution in [3.05, 3.63) is 35.9 Å². The molecule has 2 heterocycles. The van der Waals surface area contributed by atoms with Crippen molar-refractivity contribution in [3.8, 4) is 0 Å². The fraction of sp³-hybridized carbons (Fsp3) is 0.619. The van der Waals surface area contributed by atoms with Crippen LogP contribution in [0.1, 0.15) is 45.1 Å². The first-order valence-corrected chi connectivity index (χ1v) is 12.0. The molecule has 2 aliphatic rings. The summed E-state index contributed by atoms with van der Waals surface area (Å²) in [4.78, 5) is 28.6. The van der Waals surface area contributed by atoms with Crippen molar-refractivity contribution >= 4 is 21.8 Å². The van der Waals surface area contributed by atoms with Crippen molar-refractivity contribution < 1.29 is 18.0 Å². The quantitative estimate of drug-likeness (QED) is 0.646. The summed E-state index contributed by atoms with van der Waals surface area (Å²) in [6.45, 7) is 5.55.